The molecule has 0 spiro atoms. The van der Waals surface area contributed by atoms with Crippen molar-refractivity contribution in [3.8, 4) is 10.6 Å². The van der Waals surface area contributed by atoms with E-state index < -0.39 is 5.60 Å². The first-order chi connectivity index (χ1) is 13.8. The second-order valence-corrected chi connectivity index (χ2v) is 10.0. The van der Waals surface area contributed by atoms with Gasteiger partial charge in [-0.15, -0.1) is 0 Å². The van der Waals surface area contributed by atoms with E-state index in [-0.39, 0.29) is 23.0 Å². The van der Waals surface area contributed by atoms with Crippen molar-refractivity contribution in [2.75, 3.05) is 6.61 Å². The Morgan fingerprint density at radius 3 is 2.03 bits per heavy atom. The molecular weight excluding hydrogens is 380 g/mol. The van der Waals surface area contributed by atoms with Crippen molar-refractivity contribution in [2.45, 2.75) is 33.3 Å². The van der Waals surface area contributed by atoms with Gasteiger partial charge in [0.25, 0.3) is 0 Å². The molecule has 1 aromatic heterocycles. The van der Waals surface area contributed by atoms with E-state index in [1.807, 2.05) is 32.9 Å². The zero-order valence-electron chi connectivity index (χ0n) is 17.2. The number of fused-ring (bicyclic) bond motifs is 3. The Morgan fingerprint density at radius 1 is 0.897 bits per heavy atom. The highest BCUT2D eigenvalue weighted by Crippen LogP contribution is 2.49. The molecule has 0 bridgehead atoms. The van der Waals surface area contributed by atoms with Crippen LogP contribution < -0.4 is 4.74 Å². The van der Waals surface area contributed by atoms with Crippen LogP contribution in [0.15, 0.2) is 66.7 Å². The van der Waals surface area contributed by atoms with Crippen molar-refractivity contribution in [3.05, 3.63) is 72.3 Å². The fraction of sp³-hybridized carbons (Fsp3) is 0.240. The van der Waals surface area contributed by atoms with E-state index in [0.29, 0.717) is 5.75 Å². The van der Waals surface area contributed by atoms with Gasteiger partial charge < -0.3 is 9.47 Å². The van der Waals surface area contributed by atoms with Crippen LogP contribution in [0.5, 0.6) is 5.75 Å². The summed E-state index contributed by atoms with van der Waals surface area (Å²) in [5.74, 6) is 0.321. The van der Waals surface area contributed by atoms with Gasteiger partial charge in [0.05, 0.1) is 0 Å². The summed E-state index contributed by atoms with van der Waals surface area (Å²) in [6.45, 7) is 7.56. The van der Waals surface area contributed by atoms with Crippen LogP contribution in [-0.4, -0.2) is 18.2 Å². The van der Waals surface area contributed by atoms with E-state index in [1.54, 1.807) is 0 Å². The molecule has 0 aliphatic heterocycles. The van der Waals surface area contributed by atoms with Crippen LogP contribution in [0.25, 0.3) is 25.1 Å². The highest BCUT2D eigenvalue weighted by Gasteiger charge is 2.25. The molecule has 4 heteroatoms. The van der Waals surface area contributed by atoms with E-state index in [1.165, 1.54) is 25.1 Å². The Hall–Kier alpha value is -2.85. The summed E-state index contributed by atoms with van der Waals surface area (Å²) < 4.78 is 13.7. The van der Waals surface area contributed by atoms with E-state index in [4.69, 9.17) is 9.47 Å². The predicted molar refractivity (Wildman–Crippen MR) is 121 cm³/mol. The molecule has 0 aliphatic carbocycles. The first-order valence-corrected chi connectivity index (χ1v) is 10.9. The summed E-state index contributed by atoms with van der Waals surface area (Å²) in [6.07, 6.45) is 0. The molecule has 29 heavy (non-hydrogen) atoms. The number of carbonyl (C=O) groups excluding carboxylic acids is 1. The summed E-state index contributed by atoms with van der Waals surface area (Å²) in [5, 5.41) is 2.63. The van der Waals surface area contributed by atoms with Gasteiger partial charge in [-0.3, -0.25) is 0 Å². The maximum atomic E-state index is 11.9. The summed E-state index contributed by atoms with van der Waals surface area (Å²) in [5.41, 5.74) is 0.645. The summed E-state index contributed by atoms with van der Waals surface area (Å²) in [4.78, 5) is 13.2. The largest absolute Gasteiger partial charge is 0.482 e. The van der Waals surface area contributed by atoms with E-state index in [9.17, 15) is 4.79 Å². The molecule has 4 rings (SSSR count). The predicted octanol–water partition coefficient (Wildman–Crippen LogP) is 6.76. The van der Waals surface area contributed by atoms with Gasteiger partial charge in [-0.2, -0.15) is 0 Å². The van der Waals surface area contributed by atoms with Gasteiger partial charge in [0.15, 0.2) is 20.9 Å². The topological polar surface area (TPSA) is 35.5 Å². The standard InChI is InChI=1S/C25H25O3S/c1-17-15-18(27-16-24(26)28-25(2,3)4)13-14-21(17)29-22-11-7-5-9-19(22)20-10-6-8-12-23(20)29/h5-15H,16H2,1-4H3/q+1. The first kappa shape index (κ1) is 19.5. The van der Waals surface area contributed by atoms with E-state index in [2.05, 4.69) is 61.5 Å². The average molecular weight is 406 g/mol. The van der Waals surface area contributed by atoms with Gasteiger partial charge in [0, 0.05) is 32.9 Å². The van der Waals surface area contributed by atoms with E-state index >= 15 is 0 Å². The number of hydrogen-bond acceptors (Lipinski definition) is 3. The van der Waals surface area contributed by atoms with Crippen molar-refractivity contribution in [1.29, 1.82) is 0 Å². The molecule has 0 N–H and O–H groups in total. The molecule has 0 fully saturated rings. The van der Waals surface area contributed by atoms with Gasteiger partial charge in [0.1, 0.15) is 11.4 Å². The normalized spacial score (nSPS) is 11.7. The Balaban J connectivity index is 1.68. The molecule has 1 heterocycles. The van der Waals surface area contributed by atoms with Crippen molar-refractivity contribution >= 4 is 36.6 Å². The third kappa shape index (κ3) is 3.99. The zero-order chi connectivity index (χ0) is 20.6. The van der Waals surface area contributed by atoms with Crippen molar-refractivity contribution < 1.29 is 14.3 Å². The van der Waals surface area contributed by atoms with Crippen molar-refractivity contribution in [2.24, 2.45) is 0 Å². The van der Waals surface area contributed by atoms with E-state index in [0.717, 1.165) is 5.56 Å². The molecule has 0 amide bonds. The van der Waals surface area contributed by atoms with Gasteiger partial charge in [0.2, 0.25) is 0 Å². The van der Waals surface area contributed by atoms with Gasteiger partial charge in [-0.25, -0.2) is 4.79 Å². The fourth-order valence-electron chi connectivity index (χ4n) is 3.54. The van der Waals surface area contributed by atoms with Gasteiger partial charge >= 0.3 is 5.97 Å². The van der Waals surface area contributed by atoms with Crippen LogP contribution in [0.4, 0.5) is 0 Å². The van der Waals surface area contributed by atoms with Crippen LogP contribution in [-0.2, 0) is 9.53 Å². The number of hydrogen-bond donors (Lipinski definition) is 0. The van der Waals surface area contributed by atoms with Crippen LogP contribution in [0.2, 0.25) is 0 Å². The quantitative estimate of drug-likeness (QED) is 0.278. The summed E-state index contributed by atoms with van der Waals surface area (Å²) >= 11 is 0. The Kier molecular flexibility index (Phi) is 5.05. The van der Waals surface area contributed by atoms with Gasteiger partial charge in [-0.05, 0) is 64.1 Å². The number of esters is 1. The third-order valence-electron chi connectivity index (χ3n) is 4.65. The lowest BCUT2D eigenvalue weighted by Gasteiger charge is -2.19. The molecule has 0 saturated carbocycles. The summed E-state index contributed by atoms with van der Waals surface area (Å²) in [6, 6.07) is 23.4. The highest BCUT2D eigenvalue weighted by molar-refractivity contribution is 7.50. The SMILES string of the molecule is Cc1cc(OCC(=O)OC(C)(C)C)ccc1-[s+]1c2ccccc2c2ccccc21. The minimum atomic E-state index is -0.509. The van der Waals surface area contributed by atoms with Crippen molar-refractivity contribution in [1.82, 2.24) is 0 Å². The maximum Gasteiger partial charge on any atom is 0.344 e. The Morgan fingerprint density at radius 2 is 1.48 bits per heavy atom. The van der Waals surface area contributed by atoms with Crippen LogP contribution in [0, 0.1) is 6.92 Å². The first-order valence-electron chi connectivity index (χ1n) is 9.71. The third-order valence-corrected chi connectivity index (χ3v) is 7.14. The minimum Gasteiger partial charge on any atom is -0.482 e. The molecule has 0 saturated heterocycles. The molecule has 0 aliphatic rings. The highest BCUT2D eigenvalue weighted by atomic mass is 32.2. The molecule has 3 nitrogen and oxygen atoms in total. The summed E-state index contributed by atoms with van der Waals surface area (Å²) in [7, 11) is -0.134. The lowest BCUT2D eigenvalue weighted by atomic mass is 10.2. The molecule has 4 aromatic rings. The molecule has 0 radical (unpaired) electrons. The van der Waals surface area contributed by atoms with Crippen LogP contribution in [0.3, 0.4) is 0 Å². The smallest absolute Gasteiger partial charge is 0.344 e. The molecule has 148 valence electrons. The molecular formula is C25H25O3S+. The number of ether oxygens (including phenoxy) is 2. The molecule has 3 aromatic carbocycles. The number of rotatable bonds is 4. The minimum absolute atomic E-state index is 0.0898. The number of carbonyl (C=O) groups is 1. The number of aryl methyl sites for hydroxylation is 1. The lowest BCUT2D eigenvalue weighted by Crippen LogP contribution is -2.27. The lowest BCUT2D eigenvalue weighted by molar-refractivity contribution is -0.157. The second kappa shape index (κ2) is 7.53. The maximum absolute atomic E-state index is 11.9. The fourth-order valence-corrected chi connectivity index (χ4v) is 6.06. The number of benzene rings is 3. The Labute approximate surface area is 173 Å². The van der Waals surface area contributed by atoms with Crippen LogP contribution in [0.1, 0.15) is 26.3 Å². The zero-order valence-corrected chi connectivity index (χ0v) is 18.0. The average Bonchev–Trinajstić information content (AvgIpc) is 3.00. The molecule has 0 atom stereocenters. The second-order valence-electron chi connectivity index (χ2n) is 8.10. The monoisotopic (exact) mass is 405 g/mol. The van der Waals surface area contributed by atoms with Crippen LogP contribution >= 0.6 is 10.5 Å². The van der Waals surface area contributed by atoms with Crippen molar-refractivity contribution in [3.63, 3.8) is 0 Å². The number of thiophene rings is 1. The van der Waals surface area contributed by atoms with Gasteiger partial charge in [-0.1, -0.05) is 24.3 Å². The molecule has 0 unspecified atom stereocenters. The Bertz CT molecular complexity index is 1140.